The number of hydrogen-bond donors (Lipinski definition) is 1. The predicted molar refractivity (Wildman–Crippen MR) is 70.3 cm³/mol. The fraction of sp³-hybridized carbons (Fsp3) is 0.429. The molecule has 0 amide bonds. The first-order valence-electron chi connectivity index (χ1n) is 6.18. The number of fused-ring (bicyclic) bond motifs is 1. The van der Waals surface area contributed by atoms with E-state index in [1.165, 1.54) is 24.8 Å². The first-order chi connectivity index (χ1) is 8.33. The van der Waals surface area contributed by atoms with Gasteiger partial charge in [-0.1, -0.05) is 0 Å². The Hall–Kier alpha value is -1.06. The number of nitrogens with one attached hydrogen (secondary N) is 1. The summed E-state index contributed by atoms with van der Waals surface area (Å²) in [6.07, 6.45) is 3.79. The van der Waals surface area contributed by atoms with Crippen LogP contribution in [0.4, 0.5) is 0 Å². The summed E-state index contributed by atoms with van der Waals surface area (Å²) < 4.78 is 5.58. The van der Waals surface area contributed by atoms with E-state index in [1.807, 2.05) is 24.3 Å². The van der Waals surface area contributed by atoms with Gasteiger partial charge < -0.3 is 9.73 Å². The van der Waals surface area contributed by atoms with Crippen LogP contribution < -0.4 is 5.32 Å². The lowest BCUT2D eigenvalue weighted by Crippen LogP contribution is -2.23. The molecule has 3 heteroatoms. The zero-order chi connectivity index (χ0) is 11.7. The van der Waals surface area contributed by atoms with Crippen molar-refractivity contribution in [1.29, 1.82) is 0 Å². The number of thiophene rings is 1. The van der Waals surface area contributed by atoms with E-state index in [2.05, 4.69) is 22.8 Å². The van der Waals surface area contributed by atoms with Crippen molar-refractivity contribution in [2.75, 3.05) is 0 Å². The Bertz CT molecular complexity index is 500. The predicted octanol–water partition coefficient (Wildman–Crippen LogP) is 3.82. The van der Waals surface area contributed by atoms with Gasteiger partial charge in [-0.25, -0.2) is 0 Å². The molecule has 3 rings (SSSR count). The maximum atomic E-state index is 5.58. The summed E-state index contributed by atoms with van der Waals surface area (Å²) in [5, 5.41) is 5.82. The Balaban J connectivity index is 1.67. The molecule has 0 bridgehead atoms. The molecule has 0 spiro atoms. The molecule has 1 aliphatic carbocycles. The van der Waals surface area contributed by atoms with Crippen molar-refractivity contribution in [3.8, 4) is 0 Å². The quantitative estimate of drug-likeness (QED) is 0.892. The molecular weight excluding hydrogens is 230 g/mol. The highest BCUT2D eigenvalue weighted by atomic mass is 32.1. The average Bonchev–Trinajstić information content (AvgIpc) is 2.94. The van der Waals surface area contributed by atoms with Crippen LogP contribution in [0.15, 0.2) is 28.0 Å². The largest absolute Gasteiger partial charge is 0.465 e. The van der Waals surface area contributed by atoms with Crippen molar-refractivity contribution >= 4 is 11.3 Å². The molecule has 0 aromatic carbocycles. The second-order valence-electron chi connectivity index (χ2n) is 4.64. The molecule has 1 aliphatic rings. The first kappa shape index (κ1) is 11.1. The van der Waals surface area contributed by atoms with Crippen LogP contribution in [0.2, 0.25) is 0 Å². The van der Waals surface area contributed by atoms with Crippen molar-refractivity contribution in [1.82, 2.24) is 5.32 Å². The molecule has 2 nitrogen and oxygen atoms in total. The third-order valence-corrected chi connectivity index (χ3v) is 4.37. The number of aryl methyl sites for hydroxylation is 2. The minimum Gasteiger partial charge on any atom is -0.465 e. The normalized spacial score (nSPS) is 19.2. The van der Waals surface area contributed by atoms with E-state index in [-0.39, 0.29) is 0 Å². The van der Waals surface area contributed by atoms with E-state index in [0.717, 1.165) is 18.1 Å². The van der Waals surface area contributed by atoms with Crippen molar-refractivity contribution in [2.24, 2.45) is 0 Å². The highest BCUT2D eigenvalue weighted by Gasteiger charge is 2.20. The number of hydrogen-bond acceptors (Lipinski definition) is 3. The minimum absolute atomic E-state index is 0.510. The first-order valence-corrected chi connectivity index (χ1v) is 7.06. The van der Waals surface area contributed by atoms with Gasteiger partial charge in [-0.05, 0) is 55.3 Å². The van der Waals surface area contributed by atoms with Crippen LogP contribution >= 0.6 is 11.3 Å². The summed E-state index contributed by atoms with van der Waals surface area (Å²) in [5.41, 5.74) is 1.50. The Morgan fingerprint density at radius 3 is 3.18 bits per heavy atom. The summed E-state index contributed by atoms with van der Waals surface area (Å²) in [6, 6.07) is 6.85. The smallest absolute Gasteiger partial charge is 0.117 e. The summed E-state index contributed by atoms with van der Waals surface area (Å²) in [4.78, 5) is 1.56. The minimum atomic E-state index is 0.510. The average molecular weight is 247 g/mol. The molecule has 0 radical (unpaired) electrons. The lowest BCUT2D eigenvalue weighted by Gasteiger charge is -2.23. The van der Waals surface area contributed by atoms with Gasteiger partial charge in [0.05, 0.1) is 6.54 Å². The van der Waals surface area contributed by atoms with Gasteiger partial charge in [-0.2, -0.15) is 0 Å². The van der Waals surface area contributed by atoms with Crippen LogP contribution in [-0.2, 0) is 13.0 Å². The molecule has 0 fully saturated rings. The Morgan fingerprint density at radius 1 is 1.41 bits per heavy atom. The second-order valence-corrected chi connectivity index (χ2v) is 5.64. The van der Waals surface area contributed by atoms with Gasteiger partial charge in [-0.15, -0.1) is 11.3 Å². The van der Waals surface area contributed by atoms with Gasteiger partial charge in [-0.3, -0.25) is 0 Å². The molecule has 0 saturated heterocycles. The lowest BCUT2D eigenvalue weighted by molar-refractivity contribution is 0.411. The second kappa shape index (κ2) is 4.67. The van der Waals surface area contributed by atoms with Crippen molar-refractivity contribution < 1.29 is 4.42 Å². The van der Waals surface area contributed by atoms with Crippen molar-refractivity contribution in [3.05, 3.63) is 45.5 Å². The third kappa shape index (κ3) is 2.31. The molecule has 2 aromatic heterocycles. The van der Waals surface area contributed by atoms with Crippen LogP contribution in [0.5, 0.6) is 0 Å². The molecule has 17 heavy (non-hydrogen) atoms. The SMILES string of the molecule is Cc1ccc(CNC2CCCc3sccc32)o1. The van der Waals surface area contributed by atoms with E-state index in [4.69, 9.17) is 4.42 Å². The number of furan rings is 1. The Morgan fingerprint density at radius 2 is 2.35 bits per heavy atom. The van der Waals surface area contributed by atoms with Gasteiger partial charge in [0, 0.05) is 10.9 Å². The summed E-state index contributed by atoms with van der Waals surface area (Å²) in [6.45, 7) is 2.81. The maximum absolute atomic E-state index is 5.58. The molecule has 1 atom stereocenters. The number of rotatable bonds is 3. The fourth-order valence-electron chi connectivity index (χ4n) is 2.50. The van der Waals surface area contributed by atoms with Gasteiger partial charge in [0.1, 0.15) is 11.5 Å². The standard InChI is InChI=1S/C14H17NOS/c1-10-5-6-11(16-10)9-15-13-3-2-4-14-12(13)7-8-17-14/h5-8,13,15H,2-4,9H2,1H3. The molecular formula is C14H17NOS. The van der Waals surface area contributed by atoms with Crippen LogP contribution in [0.3, 0.4) is 0 Å². The Kier molecular flexibility index (Phi) is 3.04. The van der Waals surface area contributed by atoms with E-state index in [0.29, 0.717) is 6.04 Å². The van der Waals surface area contributed by atoms with E-state index in [1.54, 1.807) is 4.88 Å². The van der Waals surface area contributed by atoms with Gasteiger partial charge in [0.2, 0.25) is 0 Å². The van der Waals surface area contributed by atoms with Crippen LogP contribution in [0, 0.1) is 6.92 Å². The van der Waals surface area contributed by atoms with E-state index in [9.17, 15) is 0 Å². The van der Waals surface area contributed by atoms with E-state index >= 15 is 0 Å². The van der Waals surface area contributed by atoms with Crippen LogP contribution in [0.25, 0.3) is 0 Å². The molecule has 1 unspecified atom stereocenters. The molecule has 2 aromatic rings. The highest BCUT2D eigenvalue weighted by Crippen LogP contribution is 2.33. The van der Waals surface area contributed by atoms with Crippen LogP contribution in [0.1, 0.15) is 40.8 Å². The molecule has 0 saturated carbocycles. The van der Waals surface area contributed by atoms with Crippen molar-refractivity contribution in [2.45, 2.75) is 38.8 Å². The Labute approximate surface area is 106 Å². The summed E-state index contributed by atoms with van der Waals surface area (Å²) in [5.74, 6) is 2.02. The molecule has 2 heterocycles. The zero-order valence-electron chi connectivity index (χ0n) is 10.0. The third-order valence-electron chi connectivity index (χ3n) is 3.37. The molecule has 90 valence electrons. The topological polar surface area (TPSA) is 25.2 Å². The van der Waals surface area contributed by atoms with Gasteiger partial charge >= 0.3 is 0 Å². The molecule has 0 aliphatic heterocycles. The fourth-order valence-corrected chi connectivity index (χ4v) is 3.49. The zero-order valence-corrected chi connectivity index (χ0v) is 10.8. The van der Waals surface area contributed by atoms with Gasteiger partial charge in [0.15, 0.2) is 0 Å². The van der Waals surface area contributed by atoms with Gasteiger partial charge in [0.25, 0.3) is 0 Å². The monoisotopic (exact) mass is 247 g/mol. The maximum Gasteiger partial charge on any atom is 0.117 e. The van der Waals surface area contributed by atoms with Crippen molar-refractivity contribution in [3.63, 3.8) is 0 Å². The highest BCUT2D eigenvalue weighted by molar-refractivity contribution is 7.10. The van der Waals surface area contributed by atoms with Crippen LogP contribution in [-0.4, -0.2) is 0 Å². The summed E-state index contributed by atoms with van der Waals surface area (Å²) >= 11 is 1.89. The molecule has 1 N–H and O–H groups in total. The lowest BCUT2D eigenvalue weighted by atomic mass is 9.94. The summed E-state index contributed by atoms with van der Waals surface area (Å²) in [7, 11) is 0. The van der Waals surface area contributed by atoms with E-state index < -0.39 is 0 Å².